The number of hydrogen-bond donors (Lipinski definition) is 3. The third kappa shape index (κ3) is 4.94. The highest BCUT2D eigenvalue weighted by molar-refractivity contribution is 7.88. The lowest BCUT2D eigenvalue weighted by molar-refractivity contribution is -0.162. The van der Waals surface area contributed by atoms with Crippen LogP contribution in [0.25, 0.3) is 0 Å². The van der Waals surface area contributed by atoms with Gasteiger partial charge in [0.15, 0.2) is 0 Å². The van der Waals surface area contributed by atoms with Crippen LogP contribution in [0, 0.1) is 5.41 Å². The maximum Gasteiger partial charge on any atom is 0.328 e. The van der Waals surface area contributed by atoms with Crippen molar-refractivity contribution in [2.24, 2.45) is 5.41 Å². The van der Waals surface area contributed by atoms with Gasteiger partial charge in [-0.15, -0.1) is 0 Å². The second-order valence-electron chi connectivity index (χ2n) is 6.66. The third-order valence-electron chi connectivity index (χ3n) is 4.95. The molecule has 3 N–H and O–H groups in total. The summed E-state index contributed by atoms with van der Waals surface area (Å²) in [6, 6.07) is 0. The van der Waals surface area contributed by atoms with Crippen molar-refractivity contribution in [1.82, 2.24) is 0 Å². The van der Waals surface area contributed by atoms with Gasteiger partial charge in [-0.2, -0.15) is 8.42 Å². The van der Waals surface area contributed by atoms with Crippen molar-refractivity contribution >= 4 is 22.1 Å². The van der Waals surface area contributed by atoms with Crippen molar-refractivity contribution in [2.75, 3.05) is 0 Å². The van der Waals surface area contributed by atoms with Gasteiger partial charge in [-0.05, 0) is 19.3 Å². The Kier molecular flexibility index (Phi) is 9.64. The Morgan fingerprint density at radius 2 is 1.24 bits per heavy atom. The molecule has 0 rings (SSSR count). The van der Waals surface area contributed by atoms with Crippen molar-refractivity contribution in [2.45, 2.75) is 89.7 Å². The molecule has 0 saturated carbocycles. The van der Waals surface area contributed by atoms with E-state index >= 15 is 0 Å². The third-order valence-corrected chi connectivity index (χ3v) is 6.60. The molecule has 0 aliphatic heterocycles. The second-order valence-corrected chi connectivity index (χ2v) is 8.31. The summed E-state index contributed by atoms with van der Waals surface area (Å²) >= 11 is 0. The zero-order valence-corrected chi connectivity index (χ0v) is 16.3. The molecule has 0 aromatic heterocycles. The predicted molar refractivity (Wildman–Crippen MR) is 95.2 cm³/mol. The Balaban J connectivity index is 6.21. The zero-order valence-electron chi connectivity index (χ0n) is 15.5. The van der Waals surface area contributed by atoms with E-state index in [4.69, 9.17) is 0 Å². The van der Waals surface area contributed by atoms with Gasteiger partial charge in [0.1, 0.15) is 5.41 Å². The number of carboxylic acid groups (broad SMARTS) is 2. The van der Waals surface area contributed by atoms with E-state index in [-0.39, 0.29) is 19.3 Å². The lowest BCUT2D eigenvalue weighted by atomic mass is 9.66. The fraction of sp³-hybridized carbons (Fsp3) is 0.882. The monoisotopic (exact) mass is 380 g/mol. The lowest BCUT2D eigenvalue weighted by Crippen LogP contribution is -2.62. The second kappa shape index (κ2) is 10.1. The summed E-state index contributed by atoms with van der Waals surface area (Å²) in [6.07, 6.45) is 3.46. The Bertz CT molecular complexity index is 535. The summed E-state index contributed by atoms with van der Waals surface area (Å²) in [5.41, 5.74) is -2.05. The molecule has 8 heteroatoms. The van der Waals surface area contributed by atoms with Gasteiger partial charge in [-0.1, -0.05) is 65.7 Å². The van der Waals surface area contributed by atoms with Gasteiger partial charge in [0.25, 0.3) is 10.1 Å². The van der Waals surface area contributed by atoms with Gasteiger partial charge >= 0.3 is 11.9 Å². The SMILES string of the molecule is CCCCCCCC(C(=O)O)(C(CCC)(CCC)C(=O)O)S(=O)(=O)O. The van der Waals surface area contributed by atoms with E-state index in [1.165, 1.54) is 0 Å². The van der Waals surface area contributed by atoms with Crippen LogP contribution in [0.15, 0.2) is 0 Å². The minimum absolute atomic E-state index is 0.128. The molecule has 25 heavy (non-hydrogen) atoms. The number of carbonyl (C=O) groups is 2. The van der Waals surface area contributed by atoms with Crippen LogP contribution in [-0.4, -0.2) is 39.9 Å². The van der Waals surface area contributed by atoms with Crippen molar-refractivity contribution < 1.29 is 32.8 Å². The first-order valence-electron chi connectivity index (χ1n) is 9.01. The van der Waals surface area contributed by atoms with Crippen LogP contribution < -0.4 is 0 Å². The molecule has 0 saturated heterocycles. The van der Waals surface area contributed by atoms with Crippen LogP contribution in [-0.2, 0) is 19.7 Å². The molecule has 1 atom stereocenters. The molecule has 0 bridgehead atoms. The molecule has 0 aliphatic rings. The van der Waals surface area contributed by atoms with Crippen LogP contribution in [0.2, 0.25) is 0 Å². The Morgan fingerprint density at radius 1 is 0.760 bits per heavy atom. The van der Waals surface area contributed by atoms with Gasteiger partial charge in [-0.3, -0.25) is 14.1 Å². The van der Waals surface area contributed by atoms with Crippen molar-refractivity contribution in [3.8, 4) is 0 Å². The maximum atomic E-state index is 12.2. The number of rotatable bonds is 14. The van der Waals surface area contributed by atoms with Crippen LogP contribution >= 0.6 is 0 Å². The molecular weight excluding hydrogens is 348 g/mol. The van der Waals surface area contributed by atoms with Crippen LogP contribution in [0.5, 0.6) is 0 Å². The largest absolute Gasteiger partial charge is 0.481 e. The fourth-order valence-electron chi connectivity index (χ4n) is 3.78. The Hall–Kier alpha value is -1.15. The van der Waals surface area contributed by atoms with Gasteiger partial charge in [0, 0.05) is 0 Å². The molecule has 0 aromatic carbocycles. The first kappa shape index (κ1) is 23.9. The molecular formula is C17H32O7S. The van der Waals surface area contributed by atoms with Gasteiger partial charge < -0.3 is 10.2 Å². The molecule has 148 valence electrons. The smallest absolute Gasteiger partial charge is 0.328 e. The molecule has 0 aliphatic carbocycles. The molecule has 0 heterocycles. The maximum absolute atomic E-state index is 12.2. The lowest BCUT2D eigenvalue weighted by Gasteiger charge is -2.42. The van der Waals surface area contributed by atoms with E-state index in [2.05, 4.69) is 0 Å². The summed E-state index contributed by atoms with van der Waals surface area (Å²) in [5, 5.41) is 19.6. The summed E-state index contributed by atoms with van der Waals surface area (Å²) in [7, 11) is -5.15. The summed E-state index contributed by atoms with van der Waals surface area (Å²) in [6.45, 7) is 5.36. The average molecular weight is 381 g/mol. The standard InChI is InChI=1S/C17H32O7S/c1-4-7-8-9-10-13-17(15(20)21,25(22,23)24)16(11-5-2,12-6-3)14(18)19/h4-13H2,1-3H3,(H,18,19)(H,20,21)(H,22,23,24). The number of hydrogen-bond acceptors (Lipinski definition) is 4. The highest BCUT2D eigenvalue weighted by atomic mass is 32.2. The van der Waals surface area contributed by atoms with E-state index < -0.39 is 38.6 Å². The molecule has 0 fully saturated rings. The summed E-state index contributed by atoms with van der Waals surface area (Å²) in [4.78, 5) is 24.2. The van der Waals surface area contributed by atoms with E-state index in [1.807, 2.05) is 6.92 Å². The molecule has 7 nitrogen and oxygen atoms in total. The Labute approximate surface area is 150 Å². The average Bonchev–Trinajstić information content (AvgIpc) is 2.48. The van der Waals surface area contributed by atoms with Crippen LogP contribution in [0.1, 0.15) is 85.0 Å². The minimum Gasteiger partial charge on any atom is -0.481 e. The van der Waals surface area contributed by atoms with Gasteiger partial charge in [-0.25, -0.2) is 0 Å². The van der Waals surface area contributed by atoms with Crippen molar-refractivity contribution in [3.63, 3.8) is 0 Å². The van der Waals surface area contributed by atoms with E-state index in [1.54, 1.807) is 13.8 Å². The van der Waals surface area contributed by atoms with E-state index in [9.17, 15) is 32.8 Å². The summed E-state index contributed by atoms with van der Waals surface area (Å²) in [5.74, 6) is -3.26. The van der Waals surface area contributed by atoms with Crippen LogP contribution in [0.4, 0.5) is 0 Å². The molecule has 0 aromatic rings. The highest BCUT2D eigenvalue weighted by Gasteiger charge is 2.67. The fourth-order valence-corrected chi connectivity index (χ4v) is 5.19. The topological polar surface area (TPSA) is 129 Å². The molecule has 1 unspecified atom stereocenters. The number of unbranched alkanes of at least 4 members (excludes halogenated alkanes) is 4. The molecule has 0 amide bonds. The van der Waals surface area contributed by atoms with Crippen LogP contribution in [0.3, 0.4) is 0 Å². The predicted octanol–water partition coefficient (Wildman–Crippen LogP) is 3.73. The number of aliphatic carboxylic acids is 2. The van der Waals surface area contributed by atoms with E-state index in [0.29, 0.717) is 19.3 Å². The van der Waals surface area contributed by atoms with E-state index in [0.717, 1.165) is 19.3 Å². The minimum atomic E-state index is -5.15. The first-order chi connectivity index (χ1) is 11.6. The quantitative estimate of drug-likeness (QED) is 0.309. The van der Waals surface area contributed by atoms with Crippen molar-refractivity contribution in [1.29, 1.82) is 0 Å². The Morgan fingerprint density at radius 3 is 1.56 bits per heavy atom. The van der Waals surface area contributed by atoms with Crippen molar-refractivity contribution in [3.05, 3.63) is 0 Å². The molecule has 0 spiro atoms. The molecule has 0 radical (unpaired) electrons. The summed E-state index contributed by atoms with van der Waals surface area (Å²) < 4.78 is 31.6. The number of carboxylic acids is 2. The normalized spacial score (nSPS) is 14.9. The van der Waals surface area contributed by atoms with Gasteiger partial charge in [0.2, 0.25) is 4.75 Å². The highest BCUT2D eigenvalue weighted by Crippen LogP contribution is 2.49. The van der Waals surface area contributed by atoms with Gasteiger partial charge in [0.05, 0.1) is 0 Å². The first-order valence-corrected chi connectivity index (χ1v) is 10.4. The zero-order chi connectivity index (χ0) is 19.7.